The molecule has 4 rings (SSSR count). The van der Waals surface area contributed by atoms with Gasteiger partial charge >= 0.3 is 6.18 Å². The molecule has 2 fully saturated rings. The first-order valence-corrected chi connectivity index (χ1v) is 14.2. The quantitative estimate of drug-likeness (QED) is 0.416. The monoisotopic (exact) mass is 549 g/mol. The fourth-order valence-electron chi connectivity index (χ4n) is 5.40. The van der Waals surface area contributed by atoms with Crippen LogP contribution in [-0.2, 0) is 30.8 Å². The molecule has 0 amide bonds. The maximum atomic E-state index is 15.1. The first-order valence-electron chi connectivity index (χ1n) is 11.2. The molecule has 4 atom stereocenters. The molecule has 1 saturated heterocycles. The van der Waals surface area contributed by atoms with E-state index >= 15 is 4.39 Å². The summed E-state index contributed by atoms with van der Waals surface area (Å²) in [5.74, 6) is -2.38. The van der Waals surface area contributed by atoms with Crippen molar-refractivity contribution in [2.75, 3.05) is 0 Å². The highest BCUT2D eigenvalue weighted by Gasteiger charge is 2.55. The molecule has 1 heterocycles. The Bertz CT molecular complexity index is 1370. The number of alkyl halides is 3. The molecule has 12 heteroatoms. The van der Waals surface area contributed by atoms with Crippen LogP contribution in [0.2, 0.25) is 0 Å². The fourth-order valence-corrected chi connectivity index (χ4v) is 9.43. The van der Waals surface area contributed by atoms with Crippen molar-refractivity contribution in [3.8, 4) is 0 Å². The summed E-state index contributed by atoms with van der Waals surface area (Å²) in [7, 11) is -8.25. The van der Waals surface area contributed by atoms with Crippen LogP contribution in [0.1, 0.15) is 43.2 Å². The van der Waals surface area contributed by atoms with E-state index in [0.717, 1.165) is 30.3 Å². The summed E-state index contributed by atoms with van der Waals surface area (Å²) >= 11 is 0. The summed E-state index contributed by atoms with van der Waals surface area (Å²) < 4.78 is 122. The van der Waals surface area contributed by atoms with Crippen molar-refractivity contribution in [3.63, 3.8) is 0 Å². The molecule has 2 aromatic carbocycles. The van der Waals surface area contributed by atoms with Gasteiger partial charge in [0.25, 0.3) is 0 Å². The number of nitrogens with one attached hydrogen (secondary N) is 1. The first kappa shape index (κ1) is 26.7. The Morgan fingerprint density at radius 2 is 1.78 bits per heavy atom. The molecule has 2 aromatic rings. The van der Waals surface area contributed by atoms with Gasteiger partial charge in [-0.2, -0.15) is 13.2 Å². The summed E-state index contributed by atoms with van der Waals surface area (Å²) in [5.41, 5.74) is -1.47. The molecule has 0 spiro atoms. The highest BCUT2D eigenvalue weighted by Crippen LogP contribution is 2.52. The zero-order valence-electron chi connectivity index (χ0n) is 18.9. The third kappa shape index (κ3) is 4.58. The molecule has 1 aliphatic heterocycles. The van der Waals surface area contributed by atoms with Gasteiger partial charge in [-0.3, -0.25) is 0 Å². The van der Waals surface area contributed by atoms with Crippen molar-refractivity contribution in [1.29, 1.82) is 0 Å². The van der Waals surface area contributed by atoms with Gasteiger partial charge in [-0.05, 0) is 80.5 Å². The van der Waals surface area contributed by atoms with Gasteiger partial charge in [0.2, 0.25) is 10.0 Å². The summed E-state index contributed by atoms with van der Waals surface area (Å²) in [4.78, 5) is -0.461. The van der Waals surface area contributed by atoms with Crippen LogP contribution in [0.25, 0.3) is 0 Å². The minimum absolute atomic E-state index is 0.0144. The van der Waals surface area contributed by atoms with Crippen LogP contribution in [0.15, 0.2) is 60.0 Å². The topological polar surface area (TPSA) is 80.3 Å². The largest absolute Gasteiger partial charge is 0.416 e. The Balaban J connectivity index is 1.84. The van der Waals surface area contributed by atoms with Crippen molar-refractivity contribution in [2.45, 2.75) is 59.2 Å². The Morgan fingerprint density at radius 3 is 2.39 bits per heavy atom. The molecule has 1 aliphatic carbocycles. The summed E-state index contributed by atoms with van der Waals surface area (Å²) in [5, 5.41) is -0.877. The minimum Gasteiger partial charge on any atom is -0.223 e. The predicted molar refractivity (Wildman–Crippen MR) is 123 cm³/mol. The molecule has 0 bridgehead atoms. The lowest BCUT2D eigenvalue weighted by atomic mass is 9.72. The molecule has 0 unspecified atom stereocenters. The van der Waals surface area contributed by atoms with E-state index in [2.05, 4.69) is 11.3 Å². The Labute approximate surface area is 206 Å². The van der Waals surface area contributed by atoms with Crippen LogP contribution in [0.4, 0.5) is 22.0 Å². The second-order valence-corrected chi connectivity index (χ2v) is 13.6. The van der Waals surface area contributed by atoms with E-state index in [0.29, 0.717) is 12.1 Å². The maximum absolute atomic E-state index is 15.1. The Hall–Kier alpha value is -2.31. The summed E-state index contributed by atoms with van der Waals surface area (Å²) in [6.45, 7) is 3.57. The third-order valence-corrected chi connectivity index (χ3v) is 11.6. The number of allylic oxidation sites excluding steroid dienone is 1. The minimum atomic E-state index is -4.69. The van der Waals surface area contributed by atoms with E-state index in [1.165, 1.54) is 6.08 Å². The zero-order valence-corrected chi connectivity index (χ0v) is 20.6. The van der Waals surface area contributed by atoms with Crippen LogP contribution in [-0.4, -0.2) is 28.1 Å². The van der Waals surface area contributed by atoms with E-state index in [-0.39, 0.29) is 32.1 Å². The molecule has 0 radical (unpaired) electrons. The molecule has 1 saturated carbocycles. The smallest absolute Gasteiger partial charge is 0.223 e. The number of sulfonamides is 1. The molecule has 2 aliphatic rings. The van der Waals surface area contributed by atoms with E-state index < -0.39 is 75.7 Å². The van der Waals surface area contributed by atoms with E-state index in [1.54, 1.807) is 0 Å². The van der Waals surface area contributed by atoms with Crippen molar-refractivity contribution >= 4 is 19.9 Å². The highest BCUT2D eigenvalue weighted by molar-refractivity contribution is 7.92. The standard InChI is InChI=1S/C24H24F5NO4S2/c1-2-3-19-12-15-14-23(11-10-22(15)30-36(19,33)34,20-13-17(25)6-9-21(20)26)35(31,32)18-7-4-16(5-8-18)24(27,28)29/h2,4-9,13,15,19,22,30H,1,3,10-12,14H2/t15-,19+,22+,23-/m1/s1. The van der Waals surface area contributed by atoms with Crippen LogP contribution >= 0.6 is 0 Å². The second-order valence-electron chi connectivity index (χ2n) is 9.30. The summed E-state index contributed by atoms with van der Waals surface area (Å²) in [6.07, 6.45) is -3.54. The zero-order chi connectivity index (χ0) is 26.5. The average molecular weight is 550 g/mol. The van der Waals surface area contributed by atoms with Crippen LogP contribution in [0.3, 0.4) is 0 Å². The number of sulfone groups is 1. The molecule has 5 nitrogen and oxygen atoms in total. The van der Waals surface area contributed by atoms with Gasteiger partial charge in [0.1, 0.15) is 16.4 Å². The van der Waals surface area contributed by atoms with E-state index in [1.807, 2.05) is 0 Å². The van der Waals surface area contributed by atoms with Crippen molar-refractivity contribution in [2.24, 2.45) is 5.92 Å². The number of rotatable bonds is 5. The van der Waals surface area contributed by atoms with Gasteiger partial charge in [0.05, 0.1) is 15.7 Å². The number of hydrogen-bond donors (Lipinski definition) is 1. The SMILES string of the molecule is C=CC[C@H]1C[C@@H]2C[C@](c3cc(F)ccc3F)(S(=O)(=O)c3ccc(C(F)(F)F)cc3)CC[C@@H]2NS1(=O)=O. The number of fused-ring (bicyclic) bond motifs is 1. The van der Waals surface area contributed by atoms with Gasteiger partial charge < -0.3 is 0 Å². The van der Waals surface area contributed by atoms with E-state index in [4.69, 9.17) is 0 Å². The average Bonchev–Trinajstić information content (AvgIpc) is 2.80. The van der Waals surface area contributed by atoms with Crippen LogP contribution in [0.5, 0.6) is 0 Å². The molecular weight excluding hydrogens is 525 g/mol. The van der Waals surface area contributed by atoms with E-state index in [9.17, 15) is 34.4 Å². The number of benzene rings is 2. The molecule has 1 N–H and O–H groups in total. The lowest BCUT2D eigenvalue weighted by molar-refractivity contribution is -0.137. The number of halogens is 5. The highest BCUT2D eigenvalue weighted by atomic mass is 32.2. The second kappa shape index (κ2) is 9.21. The van der Waals surface area contributed by atoms with Crippen molar-refractivity contribution in [3.05, 3.63) is 77.9 Å². The number of hydrogen-bond acceptors (Lipinski definition) is 4. The van der Waals surface area contributed by atoms with Gasteiger partial charge in [-0.25, -0.2) is 30.3 Å². The van der Waals surface area contributed by atoms with Crippen LogP contribution in [0, 0.1) is 17.6 Å². The molecular formula is C24H24F5NO4S2. The van der Waals surface area contributed by atoms with Gasteiger partial charge in [-0.15, -0.1) is 6.58 Å². The molecule has 0 aromatic heterocycles. The van der Waals surface area contributed by atoms with Crippen molar-refractivity contribution < 1.29 is 38.8 Å². The Kier molecular flexibility index (Phi) is 6.85. The predicted octanol–water partition coefficient (Wildman–Crippen LogP) is 5.09. The molecule has 196 valence electrons. The maximum Gasteiger partial charge on any atom is 0.416 e. The Morgan fingerprint density at radius 1 is 1.11 bits per heavy atom. The molecule has 36 heavy (non-hydrogen) atoms. The lowest BCUT2D eigenvalue weighted by Gasteiger charge is -2.47. The fraction of sp³-hybridized carbons (Fsp3) is 0.417. The lowest BCUT2D eigenvalue weighted by Crippen LogP contribution is -2.57. The van der Waals surface area contributed by atoms with Gasteiger partial charge in [0, 0.05) is 11.6 Å². The third-order valence-electron chi connectivity index (χ3n) is 7.20. The van der Waals surface area contributed by atoms with Crippen molar-refractivity contribution in [1.82, 2.24) is 4.72 Å². The summed E-state index contributed by atoms with van der Waals surface area (Å²) in [6, 6.07) is 4.73. The first-order chi connectivity index (χ1) is 16.7. The van der Waals surface area contributed by atoms with Gasteiger partial charge in [-0.1, -0.05) is 6.08 Å². The normalized spacial score (nSPS) is 28.3. The van der Waals surface area contributed by atoms with Gasteiger partial charge in [0.15, 0.2) is 9.84 Å². The van der Waals surface area contributed by atoms with Crippen LogP contribution < -0.4 is 4.72 Å².